The monoisotopic (exact) mass is 491 g/mol. The number of nitrogens with zero attached hydrogens (tertiary/aromatic N) is 3. The molecule has 34 heavy (non-hydrogen) atoms. The van der Waals surface area contributed by atoms with E-state index in [1.54, 1.807) is 38.3 Å². The number of hydrogen-bond acceptors (Lipinski definition) is 8. The highest BCUT2D eigenvalue weighted by Crippen LogP contribution is 2.45. The van der Waals surface area contributed by atoms with Crippen LogP contribution in [0, 0.1) is 20.8 Å². The average molecular weight is 492 g/mol. The largest absolute Gasteiger partial charge is 0.503 e. The zero-order valence-electron chi connectivity index (χ0n) is 18.9. The number of aliphatic hydroxyl groups is 1. The van der Waals surface area contributed by atoms with Crippen LogP contribution in [0.1, 0.15) is 37.5 Å². The Kier molecular flexibility index (Phi) is 5.45. The van der Waals surface area contributed by atoms with Crippen molar-refractivity contribution in [1.82, 2.24) is 9.97 Å². The van der Waals surface area contributed by atoms with E-state index in [9.17, 15) is 14.7 Å². The van der Waals surface area contributed by atoms with Crippen molar-refractivity contribution in [3.8, 4) is 5.75 Å². The molecule has 2 aromatic carbocycles. The van der Waals surface area contributed by atoms with E-state index in [0.29, 0.717) is 27.0 Å². The maximum atomic E-state index is 13.7. The molecule has 1 N–H and O–H groups in total. The minimum Gasteiger partial charge on any atom is -0.503 e. The van der Waals surface area contributed by atoms with Gasteiger partial charge >= 0.3 is 0 Å². The van der Waals surface area contributed by atoms with Gasteiger partial charge in [-0.3, -0.25) is 14.5 Å². The smallest absolute Gasteiger partial charge is 0.296 e. The molecule has 0 spiro atoms. The molecule has 5 rings (SSSR count). The second-order valence-corrected chi connectivity index (χ2v) is 10.3. The molecule has 4 aromatic rings. The zero-order chi connectivity index (χ0) is 24.1. The molecule has 1 amide bonds. The Balaban J connectivity index is 1.68. The Morgan fingerprint density at radius 3 is 2.44 bits per heavy atom. The van der Waals surface area contributed by atoms with Gasteiger partial charge in [0.05, 0.1) is 44.5 Å². The Labute approximate surface area is 204 Å². The number of Topliss-reactive ketones (excluding diaryl/α,β-unsaturated/α-hetero) is 1. The van der Waals surface area contributed by atoms with Crippen molar-refractivity contribution in [2.75, 3.05) is 12.0 Å². The predicted octanol–water partition coefficient (Wildman–Crippen LogP) is 5.47. The van der Waals surface area contributed by atoms with E-state index >= 15 is 0 Å². The van der Waals surface area contributed by atoms with Gasteiger partial charge in [-0.2, -0.15) is 0 Å². The first-order valence-corrected chi connectivity index (χ1v) is 12.2. The molecular weight excluding hydrogens is 470 g/mol. The van der Waals surface area contributed by atoms with Crippen LogP contribution in [0.4, 0.5) is 5.13 Å². The number of aliphatic hydroxyl groups excluding tert-OH is 1. The number of carbonyl (C=O) groups is 2. The van der Waals surface area contributed by atoms with Gasteiger partial charge in [0.2, 0.25) is 5.78 Å². The number of hydrogen-bond donors (Lipinski definition) is 1. The number of aryl methyl sites for hydroxylation is 3. The SMILES string of the molecule is COc1ccc(C2C(C(=O)c3sc(C)nc3C)=C(O)C(=O)N2c2nc3ccc(C)cc3s2)cc1. The number of ether oxygens (including phenoxy) is 1. The minimum absolute atomic E-state index is 0.0253. The van der Waals surface area contributed by atoms with E-state index in [2.05, 4.69) is 9.97 Å². The van der Waals surface area contributed by atoms with Crippen molar-refractivity contribution in [2.24, 2.45) is 0 Å². The van der Waals surface area contributed by atoms with E-state index in [1.165, 1.54) is 27.6 Å². The van der Waals surface area contributed by atoms with Crippen LogP contribution in [-0.2, 0) is 4.79 Å². The Morgan fingerprint density at radius 1 is 1.06 bits per heavy atom. The van der Waals surface area contributed by atoms with E-state index in [0.717, 1.165) is 20.8 Å². The third-order valence-corrected chi connectivity index (χ3v) is 7.82. The molecule has 172 valence electrons. The summed E-state index contributed by atoms with van der Waals surface area (Å²) in [4.78, 5) is 37.9. The lowest BCUT2D eigenvalue weighted by Crippen LogP contribution is -2.30. The second kappa shape index (κ2) is 8.34. The zero-order valence-corrected chi connectivity index (χ0v) is 20.6. The second-order valence-electron chi connectivity index (χ2n) is 8.06. The fourth-order valence-electron chi connectivity index (χ4n) is 4.12. The summed E-state index contributed by atoms with van der Waals surface area (Å²) in [6.07, 6.45) is 0. The normalized spacial score (nSPS) is 16.1. The van der Waals surface area contributed by atoms with E-state index in [4.69, 9.17) is 4.74 Å². The summed E-state index contributed by atoms with van der Waals surface area (Å²) >= 11 is 2.60. The van der Waals surface area contributed by atoms with Gasteiger partial charge in [0.1, 0.15) is 5.75 Å². The summed E-state index contributed by atoms with van der Waals surface area (Å²) < 4.78 is 6.19. The molecule has 7 nitrogen and oxygen atoms in total. The summed E-state index contributed by atoms with van der Waals surface area (Å²) in [5.74, 6) is -0.982. The summed E-state index contributed by atoms with van der Waals surface area (Å²) in [6.45, 7) is 5.56. The molecule has 3 heterocycles. The number of rotatable bonds is 5. The van der Waals surface area contributed by atoms with Gasteiger partial charge in [0.25, 0.3) is 5.91 Å². The van der Waals surface area contributed by atoms with Gasteiger partial charge in [-0.25, -0.2) is 9.97 Å². The number of aromatic nitrogens is 2. The standard InChI is InChI=1S/C25H21N3O4S2/c1-12-5-10-17-18(11-12)34-25(27-17)28-20(15-6-8-16(32-4)9-7-15)19(22(30)24(28)31)21(29)23-13(2)26-14(3)33-23/h5-11,20,30H,1-4H3. The van der Waals surface area contributed by atoms with Gasteiger partial charge in [-0.05, 0) is 56.2 Å². The molecule has 0 bridgehead atoms. The number of fused-ring (bicyclic) bond motifs is 1. The quantitative estimate of drug-likeness (QED) is 0.372. The van der Waals surface area contributed by atoms with Gasteiger partial charge in [-0.1, -0.05) is 29.5 Å². The van der Waals surface area contributed by atoms with E-state index in [-0.39, 0.29) is 5.57 Å². The maximum Gasteiger partial charge on any atom is 0.296 e. The summed E-state index contributed by atoms with van der Waals surface area (Å²) in [6, 6.07) is 12.1. The van der Waals surface area contributed by atoms with Crippen molar-refractivity contribution in [1.29, 1.82) is 0 Å². The molecular formula is C25H21N3O4S2. The molecule has 1 aliphatic heterocycles. The molecule has 2 aromatic heterocycles. The first kappa shape index (κ1) is 22.2. The molecule has 0 saturated heterocycles. The van der Waals surface area contributed by atoms with Gasteiger partial charge < -0.3 is 9.84 Å². The number of ketones is 1. The molecule has 1 aliphatic rings. The summed E-state index contributed by atoms with van der Waals surface area (Å²) in [5, 5.41) is 12.1. The topological polar surface area (TPSA) is 92.6 Å². The number of benzene rings is 2. The van der Waals surface area contributed by atoms with Crippen molar-refractivity contribution < 1.29 is 19.4 Å². The van der Waals surface area contributed by atoms with Crippen molar-refractivity contribution >= 4 is 49.7 Å². The first-order chi connectivity index (χ1) is 16.3. The molecule has 0 aliphatic carbocycles. The highest BCUT2D eigenvalue weighted by Gasteiger charge is 2.46. The van der Waals surface area contributed by atoms with Crippen LogP contribution in [0.3, 0.4) is 0 Å². The third-order valence-electron chi connectivity index (χ3n) is 5.73. The van der Waals surface area contributed by atoms with Crippen LogP contribution >= 0.6 is 22.7 Å². The van der Waals surface area contributed by atoms with Crippen LogP contribution in [0.25, 0.3) is 10.2 Å². The van der Waals surface area contributed by atoms with Gasteiger partial charge in [0, 0.05) is 0 Å². The summed E-state index contributed by atoms with van der Waals surface area (Å²) in [7, 11) is 1.57. The molecule has 1 atom stereocenters. The van der Waals surface area contributed by atoms with E-state index < -0.39 is 23.5 Å². The lowest BCUT2D eigenvalue weighted by Gasteiger charge is -2.24. The fraction of sp³-hybridized carbons (Fsp3) is 0.200. The Bertz CT molecular complexity index is 1480. The van der Waals surface area contributed by atoms with Crippen molar-refractivity contribution in [2.45, 2.75) is 26.8 Å². The Morgan fingerprint density at radius 2 is 1.79 bits per heavy atom. The maximum absolute atomic E-state index is 13.7. The van der Waals surface area contributed by atoms with Crippen molar-refractivity contribution in [3.05, 3.63) is 80.5 Å². The average Bonchev–Trinajstić information content (AvgIpc) is 3.46. The number of amides is 1. The van der Waals surface area contributed by atoms with Crippen molar-refractivity contribution in [3.63, 3.8) is 0 Å². The third kappa shape index (κ3) is 3.57. The Hall–Kier alpha value is -3.56. The van der Waals surface area contributed by atoms with Gasteiger partial charge in [-0.15, -0.1) is 11.3 Å². The lowest BCUT2D eigenvalue weighted by atomic mass is 9.95. The highest BCUT2D eigenvalue weighted by molar-refractivity contribution is 7.22. The van der Waals surface area contributed by atoms with Crippen LogP contribution in [0.2, 0.25) is 0 Å². The minimum atomic E-state index is -0.839. The van der Waals surface area contributed by atoms with Gasteiger partial charge in [0.15, 0.2) is 10.9 Å². The number of thiazole rings is 2. The number of methoxy groups -OCH3 is 1. The predicted molar refractivity (Wildman–Crippen MR) is 133 cm³/mol. The number of anilines is 1. The molecule has 9 heteroatoms. The fourth-order valence-corrected chi connectivity index (χ4v) is 6.09. The number of carbonyl (C=O) groups excluding carboxylic acids is 2. The lowest BCUT2D eigenvalue weighted by molar-refractivity contribution is -0.117. The van der Waals surface area contributed by atoms with Crippen LogP contribution in [-0.4, -0.2) is 33.9 Å². The first-order valence-electron chi connectivity index (χ1n) is 10.5. The molecule has 0 saturated carbocycles. The molecule has 1 unspecified atom stereocenters. The summed E-state index contributed by atoms with van der Waals surface area (Å²) in [5.41, 5.74) is 3.09. The van der Waals surface area contributed by atoms with Crippen LogP contribution < -0.4 is 9.64 Å². The molecule has 0 fully saturated rings. The van der Waals surface area contributed by atoms with E-state index in [1.807, 2.05) is 32.0 Å². The van der Waals surface area contributed by atoms with Crippen LogP contribution in [0.15, 0.2) is 53.8 Å². The molecule has 0 radical (unpaired) electrons. The van der Waals surface area contributed by atoms with Crippen LogP contribution in [0.5, 0.6) is 5.75 Å². The highest BCUT2D eigenvalue weighted by atomic mass is 32.1.